The monoisotopic (exact) mass is 263 g/mol. The van der Waals surface area contributed by atoms with Crippen LogP contribution in [0.15, 0.2) is 24.3 Å². The van der Waals surface area contributed by atoms with Gasteiger partial charge in [0.15, 0.2) is 5.15 Å². The summed E-state index contributed by atoms with van der Waals surface area (Å²) < 4.78 is 2.12. The Labute approximate surface area is 110 Å². The van der Waals surface area contributed by atoms with Crippen LogP contribution in [0, 0.1) is 0 Å². The Morgan fingerprint density at radius 1 is 1.33 bits per heavy atom. The summed E-state index contributed by atoms with van der Waals surface area (Å²) >= 11 is 6.17. The first-order valence-corrected chi connectivity index (χ1v) is 6.33. The summed E-state index contributed by atoms with van der Waals surface area (Å²) in [5, 5.41) is 9.85. The van der Waals surface area contributed by atoms with Crippen LogP contribution in [0.2, 0.25) is 5.15 Å². The number of phenols is 1. The lowest BCUT2D eigenvalue weighted by atomic mass is 10.1. The first kappa shape index (κ1) is 11.6. The molecule has 0 aliphatic carbocycles. The Balaban J connectivity index is 2.08. The largest absolute Gasteiger partial charge is 0.508 e. The maximum absolute atomic E-state index is 9.31. The minimum Gasteiger partial charge on any atom is -0.508 e. The topological polar surface area (TPSA) is 64.1 Å². The van der Waals surface area contributed by atoms with Crippen LogP contribution in [-0.4, -0.2) is 20.7 Å². The van der Waals surface area contributed by atoms with Gasteiger partial charge in [0, 0.05) is 24.6 Å². The van der Waals surface area contributed by atoms with Crippen LogP contribution in [0.1, 0.15) is 12.1 Å². The van der Waals surface area contributed by atoms with Crippen LogP contribution in [0.3, 0.4) is 0 Å². The quantitative estimate of drug-likeness (QED) is 0.829. The number of hydrogen-bond donors (Lipinski definition) is 2. The van der Waals surface area contributed by atoms with Crippen molar-refractivity contribution in [3.05, 3.63) is 35.1 Å². The standard InChI is InChI=1S/C13H14ClN3O/c14-12-11-7-9(15)5-6-17(11)13(16-12)8-1-3-10(18)4-2-8/h1-4,9,18H,5-7,15H2. The fourth-order valence-electron chi connectivity index (χ4n) is 2.37. The molecule has 3 rings (SSSR count). The number of nitrogens with zero attached hydrogens (tertiary/aromatic N) is 2. The summed E-state index contributed by atoms with van der Waals surface area (Å²) in [4.78, 5) is 4.42. The van der Waals surface area contributed by atoms with Crippen LogP contribution in [0.5, 0.6) is 5.75 Å². The zero-order chi connectivity index (χ0) is 12.7. The predicted molar refractivity (Wildman–Crippen MR) is 70.6 cm³/mol. The molecule has 4 nitrogen and oxygen atoms in total. The van der Waals surface area contributed by atoms with Gasteiger partial charge in [-0.15, -0.1) is 0 Å². The minimum atomic E-state index is 0.166. The fraction of sp³-hybridized carbons (Fsp3) is 0.308. The lowest BCUT2D eigenvalue weighted by molar-refractivity contribution is 0.473. The van der Waals surface area contributed by atoms with Crippen molar-refractivity contribution in [2.24, 2.45) is 5.73 Å². The summed E-state index contributed by atoms with van der Waals surface area (Å²) in [5.74, 6) is 1.10. The summed E-state index contributed by atoms with van der Waals surface area (Å²) in [5.41, 5.74) is 7.92. The van der Waals surface area contributed by atoms with E-state index in [2.05, 4.69) is 9.55 Å². The van der Waals surface area contributed by atoms with Gasteiger partial charge in [-0.05, 0) is 30.7 Å². The fourth-order valence-corrected chi connectivity index (χ4v) is 2.63. The van der Waals surface area contributed by atoms with Gasteiger partial charge in [0.05, 0.1) is 5.69 Å². The zero-order valence-electron chi connectivity index (χ0n) is 9.81. The molecule has 1 aliphatic heterocycles. The number of hydrogen-bond acceptors (Lipinski definition) is 3. The maximum Gasteiger partial charge on any atom is 0.151 e. The highest BCUT2D eigenvalue weighted by molar-refractivity contribution is 6.30. The van der Waals surface area contributed by atoms with E-state index in [0.29, 0.717) is 5.15 Å². The number of halogens is 1. The second-order valence-electron chi connectivity index (χ2n) is 4.62. The SMILES string of the molecule is NC1CCn2c(-c3ccc(O)cc3)nc(Cl)c2C1. The number of rotatable bonds is 1. The smallest absolute Gasteiger partial charge is 0.151 e. The van der Waals surface area contributed by atoms with E-state index in [0.717, 1.165) is 36.5 Å². The molecule has 1 unspecified atom stereocenters. The van der Waals surface area contributed by atoms with E-state index >= 15 is 0 Å². The van der Waals surface area contributed by atoms with E-state index in [4.69, 9.17) is 17.3 Å². The van der Waals surface area contributed by atoms with Gasteiger partial charge in [0.1, 0.15) is 11.6 Å². The third-order valence-corrected chi connectivity index (χ3v) is 3.63. The average molecular weight is 264 g/mol. The molecule has 0 radical (unpaired) electrons. The number of aromatic nitrogens is 2. The number of imidazole rings is 1. The summed E-state index contributed by atoms with van der Waals surface area (Å²) in [6.45, 7) is 0.840. The Morgan fingerprint density at radius 3 is 2.78 bits per heavy atom. The molecular weight excluding hydrogens is 250 g/mol. The average Bonchev–Trinajstić information content (AvgIpc) is 2.68. The van der Waals surface area contributed by atoms with Crippen molar-refractivity contribution in [3.63, 3.8) is 0 Å². The van der Waals surface area contributed by atoms with E-state index in [1.165, 1.54) is 0 Å². The van der Waals surface area contributed by atoms with Gasteiger partial charge in [-0.1, -0.05) is 11.6 Å². The molecule has 2 aromatic rings. The van der Waals surface area contributed by atoms with Crippen molar-refractivity contribution < 1.29 is 5.11 Å². The molecule has 0 saturated heterocycles. The van der Waals surface area contributed by atoms with Gasteiger partial charge in [-0.25, -0.2) is 4.98 Å². The van der Waals surface area contributed by atoms with Crippen LogP contribution in [-0.2, 0) is 13.0 Å². The van der Waals surface area contributed by atoms with Gasteiger partial charge in [-0.3, -0.25) is 0 Å². The Kier molecular flexibility index (Phi) is 2.76. The zero-order valence-corrected chi connectivity index (χ0v) is 10.6. The van der Waals surface area contributed by atoms with E-state index in [1.807, 2.05) is 12.1 Å². The van der Waals surface area contributed by atoms with Gasteiger partial charge in [-0.2, -0.15) is 0 Å². The molecule has 0 fully saturated rings. The molecule has 0 saturated carbocycles. The number of nitrogens with two attached hydrogens (primary N) is 1. The molecule has 0 amide bonds. The Bertz CT molecular complexity index is 577. The summed E-state index contributed by atoms with van der Waals surface area (Å²) in [7, 11) is 0. The maximum atomic E-state index is 9.31. The molecule has 1 atom stereocenters. The summed E-state index contributed by atoms with van der Waals surface area (Å²) in [6, 6.07) is 7.16. The molecule has 1 aliphatic rings. The lowest BCUT2D eigenvalue weighted by Gasteiger charge is -2.22. The highest BCUT2D eigenvalue weighted by Gasteiger charge is 2.23. The number of aromatic hydroxyl groups is 1. The van der Waals surface area contributed by atoms with Crippen LogP contribution >= 0.6 is 11.6 Å². The van der Waals surface area contributed by atoms with Gasteiger partial charge in [0.2, 0.25) is 0 Å². The highest BCUT2D eigenvalue weighted by Crippen LogP contribution is 2.30. The number of fused-ring (bicyclic) bond motifs is 1. The van der Waals surface area contributed by atoms with E-state index in [1.54, 1.807) is 12.1 Å². The Hall–Kier alpha value is -1.52. The van der Waals surface area contributed by atoms with Crippen LogP contribution < -0.4 is 5.73 Å². The molecule has 2 heterocycles. The van der Waals surface area contributed by atoms with Gasteiger partial charge in [0.25, 0.3) is 0 Å². The lowest BCUT2D eigenvalue weighted by Crippen LogP contribution is -2.30. The molecule has 5 heteroatoms. The number of benzene rings is 1. The molecule has 1 aromatic heterocycles. The third kappa shape index (κ3) is 1.87. The summed E-state index contributed by atoms with van der Waals surface area (Å²) in [6.07, 6.45) is 1.70. The van der Waals surface area contributed by atoms with Gasteiger partial charge < -0.3 is 15.4 Å². The number of phenolic OH excluding ortho intramolecular Hbond substituents is 1. The molecule has 94 valence electrons. The van der Waals surface area contributed by atoms with E-state index in [-0.39, 0.29) is 11.8 Å². The van der Waals surface area contributed by atoms with Gasteiger partial charge >= 0.3 is 0 Å². The predicted octanol–water partition coefficient (Wildman–Crippen LogP) is 2.18. The first-order chi connectivity index (χ1) is 8.65. The Morgan fingerprint density at radius 2 is 2.06 bits per heavy atom. The normalized spacial score (nSPS) is 18.7. The van der Waals surface area contributed by atoms with Crippen molar-refractivity contribution in [2.45, 2.75) is 25.4 Å². The third-order valence-electron chi connectivity index (χ3n) is 3.33. The minimum absolute atomic E-state index is 0.166. The second-order valence-corrected chi connectivity index (χ2v) is 4.98. The highest BCUT2D eigenvalue weighted by atomic mass is 35.5. The van der Waals surface area contributed by atoms with Crippen molar-refractivity contribution in [1.29, 1.82) is 0 Å². The molecular formula is C13H14ClN3O. The van der Waals surface area contributed by atoms with Crippen molar-refractivity contribution >= 4 is 11.6 Å². The van der Waals surface area contributed by atoms with Crippen molar-refractivity contribution in [2.75, 3.05) is 0 Å². The van der Waals surface area contributed by atoms with E-state index < -0.39 is 0 Å². The van der Waals surface area contributed by atoms with Crippen molar-refractivity contribution in [3.8, 4) is 17.1 Å². The van der Waals surface area contributed by atoms with Crippen LogP contribution in [0.4, 0.5) is 0 Å². The molecule has 0 bridgehead atoms. The second kappa shape index (κ2) is 4.30. The van der Waals surface area contributed by atoms with Crippen LogP contribution in [0.25, 0.3) is 11.4 Å². The molecule has 3 N–H and O–H groups in total. The first-order valence-electron chi connectivity index (χ1n) is 5.95. The molecule has 0 spiro atoms. The molecule has 1 aromatic carbocycles. The van der Waals surface area contributed by atoms with E-state index in [9.17, 15) is 5.11 Å². The molecule has 18 heavy (non-hydrogen) atoms. The van der Waals surface area contributed by atoms with Crippen molar-refractivity contribution in [1.82, 2.24) is 9.55 Å².